The lowest BCUT2D eigenvalue weighted by atomic mass is 10.2. The van der Waals surface area contributed by atoms with Crippen LogP contribution in [0.25, 0.3) is 0 Å². The van der Waals surface area contributed by atoms with E-state index in [-0.39, 0.29) is 12.4 Å². The Labute approximate surface area is 159 Å². The maximum atomic E-state index is 11.9. The number of carbonyl (C=O) groups is 1. The van der Waals surface area contributed by atoms with Gasteiger partial charge in [0, 0.05) is 16.3 Å². The van der Waals surface area contributed by atoms with E-state index < -0.39 is 5.97 Å². The number of hydrogen-bond acceptors (Lipinski definition) is 6. The minimum absolute atomic E-state index is 0.0411. The summed E-state index contributed by atoms with van der Waals surface area (Å²) in [6.45, 7) is 3.67. The molecule has 0 radical (unpaired) electrons. The van der Waals surface area contributed by atoms with Gasteiger partial charge in [-0.2, -0.15) is 5.26 Å². The molecule has 0 unspecified atom stereocenters. The SMILES string of the molecule is CCOC(=O)c1sc(/N=C/c2cc(Br)cc(Br)c2O)c(C#N)c1C. The fraction of sp³-hybridized carbons (Fsp3) is 0.188. The third-order valence-corrected chi connectivity index (χ3v) is 5.32. The van der Waals surface area contributed by atoms with Gasteiger partial charge in [-0.1, -0.05) is 15.9 Å². The molecule has 5 nitrogen and oxygen atoms in total. The summed E-state index contributed by atoms with van der Waals surface area (Å²) in [6.07, 6.45) is 1.45. The number of aliphatic imine (C=N–C) groups is 1. The highest BCUT2D eigenvalue weighted by molar-refractivity contribution is 9.11. The number of nitriles is 1. The third kappa shape index (κ3) is 3.86. The van der Waals surface area contributed by atoms with Gasteiger partial charge in [0.25, 0.3) is 0 Å². The molecule has 0 amide bonds. The summed E-state index contributed by atoms with van der Waals surface area (Å²) in [5, 5.41) is 19.8. The second-order valence-corrected chi connectivity index (χ2v) is 7.42. The van der Waals surface area contributed by atoms with E-state index in [0.29, 0.717) is 31.0 Å². The van der Waals surface area contributed by atoms with Crippen LogP contribution in [0.5, 0.6) is 5.75 Å². The van der Waals surface area contributed by atoms with Gasteiger partial charge in [-0.05, 0) is 47.5 Å². The van der Waals surface area contributed by atoms with E-state index in [4.69, 9.17) is 4.74 Å². The van der Waals surface area contributed by atoms with Gasteiger partial charge in [-0.25, -0.2) is 9.79 Å². The fourth-order valence-corrected chi connectivity index (χ4v) is 4.18. The number of nitrogens with zero attached hydrogens (tertiary/aromatic N) is 2. The molecule has 1 aromatic heterocycles. The van der Waals surface area contributed by atoms with Crippen LogP contribution < -0.4 is 0 Å². The first-order chi connectivity index (χ1) is 11.4. The van der Waals surface area contributed by atoms with Gasteiger partial charge < -0.3 is 9.84 Å². The molecule has 0 aliphatic heterocycles. The highest BCUT2D eigenvalue weighted by Crippen LogP contribution is 2.36. The Hall–Kier alpha value is -1.69. The van der Waals surface area contributed by atoms with Crippen LogP contribution in [-0.2, 0) is 4.74 Å². The van der Waals surface area contributed by atoms with Crippen molar-refractivity contribution in [2.45, 2.75) is 13.8 Å². The monoisotopic (exact) mass is 470 g/mol. The smallest absolute Gasteiger partial charge is 0.348 e. The van der Waals surface area contributed by atoms with Gasteiger partial charge in [0.1, 0.15) is 21.7 Å². The summed E-state index contributed by atoms with van der Waals surface area (Å²) in [7, 11) is 0. The number of phenols is 1. The lowest BCUT2D eigenvalue weighted by Gasteiger charge is -2.02. The summed E-state index contributed by atoms with van der Waals surface area (Å²) in [5.74, 6) is -0.426. The average molecular weight is 472 g/mol. The summed E-state index contributed by atoms with van der Waals surface area (Å²) < 4.78 is 6.28. The Morgan fingerprint density at radius 3 is 2.83 bits per heavy atom. The minimum Gasteiger partial charge on any atom is -0.506 e. The van der Waals surface area contributed by atoms with Gasteiger partial charge in [0.05, 0.1) is 16.6 Å². The molecule has 0 fully saturated rings. The first-order valence-corrected chi connectivity index (χ1v) is 9.22. The minimum atomic E-state index is -0.467. The zero-order valence-electron chi connectivity index (χ0n) is 12.8. The van der Waals surface area contributed by atoms with Gasteiger partial charge in [-0.3, -0.25) is 0 Å². The molecule has 0 saturated heterocycles. The van der Waals surface area contributed by atoms with Crippen LogP contribution in [0, 0.1) is 18.3 Å². The highest BCUT2D eigenvalue weighted by atomic mass is 79.9. The van der Waals surface area contributed by atoms with Crippen LogP contribution in [0.4, 0.5) is 5.00 Å². The molecular formula is C16H12Br2N2O3S. The Morgan fingerprint density at radius 1 is 1.50 bits per heavy atom. The molecule has 0 aliphatic rings. The number of aromatic hydroxyl groups is 1. The number of carbonyl (C=O) groups excluding carboxylic acids is 1. The van der Waals surface area contributed by atoms with Crippen molar-refractivity contribution >= 4 is 60.4 Å². The number of ether oxygens (including phenoxy) is 1. The summed E-state index contributed by atoms with van der Waals surface area (Å²) in [4.78, 5) is 16.6. The third-order valence-electron chi connectivity index (χ3n) is 3.08. The zero-order chi connectivity index (χ0) is 17.9. The van der Waals surface area contributed by atoms with Crippen molar-refractivity contribution in [1.29, 1.82) is 5.26 Å². The van der Waals surface area contributed by atoms with Crippen LogP contribution in [0.1, 0.15) is 33.3 Å². The maximum Gasteiger partial charge on any atom is 0.348 e. The van der Waals surface area contributed by atoms with Crippen LogP contribution in [0.3, 0.4) is 0 Å². The van der Waals surface area contributed by atoms with Gasteiger partial charge in [0.15, 0.2) is 0 Å². The van der Waals surface area contributed by atoms with Crippen molar-refractivity contribution in [3.8, 4) is 11.8 Å². The Bertz CT molecular complexity index is 869. The number of hydrogen-bond donors (Lipinski definition) is 1. The molecule has 1 aromatic carbocycles. The van der Waals surface area contributed by atoms with E-state index in [1.807, 2.05) is 0 Å². The summed E-state index contributed by atoms with van der Waals surface area (Å²) in [6, 6.07) is 5.47. The van der Waals surface area contributed by atoms with Gasteiger partial charge in [0.2, 0.25) is 0 Å². The average Bonchev–Trinajstić information content (AvgIpc) is 2.85. The van der Waals surface area contributed by atoms with E-state index in [2.05, 4.69) is 42.9 Å². The normalized spacial score (nSPS) is 10.8. The van der Waals surface area contributed by atoms with Crippen LogP contribution >= 0.6 is 43.2 Å². The standard InChI is InChI=1S/C16H12Br2N2O3S/c1-3-23-16(22)14-8(2)11(6-19)15(24-14)20-7-9-4-10(17)5-12(18)13(9)21/h4-5,7,21H,3H2,1-2H3/b20-7+. The summed E-state index contributed by atoms with van der Waals surface area (Å²) in [5.41, 5.74) is 1.35. The van der Waals surface area contributed by atoms with Crippen molar-refractivity contribution in [2.24, 2.45) is 4.99 Å². The number of esters is 1. The Morgan fingerprint density at radius 2 is 2.21 bits per heavy atom. The van der Waals surface area contributed by atoms with Crippen molar-refractivity contribution < 1.29 is 14.6 Å². The molecule has 1 heterocycles. The lowest BCUT2D eigenvalue weighted by Crippen LogP contribution is -2.03. The molecule has 0 bridgehead atoms. The van der Waals surface area contributed by atoms with Crippen LogP contribution in [-0.4, -0.2) is 23.9 Å². The largest absolute Gasteiger partial charge is 0.506 e. The molecule has 8 heteroatoms. The molecule has 124 valence electrons. The van der Waals surface area contributed by atoms with E-state index in [0.717, 1.165) is 15.8 Å². The number of rotatable bonds is 4. The first kappa shape index (κ1) is 18.6. The topological polar surface area (TPSA) is 82.7 Å². The number of halogens is 2. The van der Waals surface area contributed by atoms with Gasteiger partial charge >= 0.3 is 5.97 Å². The summed E-state index contributed by atoms with van der Waals surface area (Å²) >= 11 is 7.68. The van der Waals surface area contributed by atoms with E-state index in [1.165, 1.54) is 6.21 Å². The van der Waals surface area contributed by atoms with Crippen LogP contribution in [0.15, 0.2) is 26.1 Å². The molecule has 0 atom stereocenters. The second-order valence-electron chi connectivity index (χ2n) is 4.65. The molecule has 0 aliphatic carbocycles. The molecule has 24 heavy (non-hydrogen) atoms. The molecule has 0 spiro atoms. The Kier molecular flexibility index (Phi) is 6.15. The molecule has 0 saturated carbocycles. The van der Waals surface area contributed by atoms with Gasteiger partial charge in [-0.15, -0.1) is 11.3 Å². The second kappa shape index (κ2) is 7.92. The van der Waals surface area contributed by atoms with Crippen LogP contribution in [0.2, 0.25) is 0 Å². The molecule has 2 rings (SSSR count). The quantitative estimate of drug-likeness (QED) is 0.497. The lowest BCUT2D eigenvalue weighted by molar-refractivity contribution is 0.0531. The molecular weight excluding hydrogens is 460 g/mol. The number of thiophene rings is 1. The van der Waals surface area contributed by atoms with Crippen molar-refractivity contribution in [1.82, 2.24) is 0 Å². The highest BCUT2D eigenvalue weighted by Gasteiger charge is 2.20. The first-order valence-electron chi connectivity index (χ1n) is 6.81. The van der Waals surface area contributed by atoms with E-state index in [1.54, 1.807) is 26.0 Å². The maximum absolute atomic E-state index is 11.9. The fourth-order valence-electron chi connectivity index (χ4n) is 1.92. The van der Waals surface area contributed by atoms with Crippen molar-refractivity contribution in [3.05, 3.63) is 42.6 Å². The number of phenolic OH excluding ortho intramolecular Hbond substituents is 1. The Balaban J connectivity index is 2.45. The van der Waals surface area contributed by atoms with E-state index in [9.17, 15) is 15.2 Å². The molecule has 2 aromatic rings. The zero-order valence-corrected chi connectivity index (χ0v) is 16.7. The number of benzene rings is 1. The predicted octanol–water partition coefficient (Wildman–Crippen LogP) is 5.09. The molecule has 1 N–H and O–H groups in total. The van der Waals surface area contributed by atoms with Crippen molar-refractivity contribution in [3.63, 3.8) is 0 Å². The van der Waals surface area contributed by atoms with Crippen molar-refractivity contribution in [2.75, 3.05) is 6.61 Å². The van der Waals surface area contributed by atoms with E-state index >= 15 is 0 Å². The predicted molar refractivity (Wildman–Crippen MR) is 100 cm³/mol.